The molecule has 1 aromatic heterocycles. The van der Waals surface area contributed by atoms with Crippen molar-refractivity contribution in [2.24, 2.45) is 13.0 Å². The number of hydrogen-bond acceptors (Lipinski definition) is 3. The molecule has 0 aliphatic heterocycles. The molecule has 0 spiro atoms. The molecule has 3 atom stereocenters. The molecule has 0 saturated heterocycles. The average Bonchev–Trinajstić information content (AvgIpc) is 2.76. The first-order valence-electron chi connectivity index (χ1n) is 6.80. The number of nitrogens with one attached hydrogen (secondary N) is 1. The van der Waals surface area contributed by atoms with E-state index >= 15 is 0 Å². The Hall–Kier alpha value is -0.900. The van der Waals surface area contributed by atoms with Crippen LogP contribution in [0.5, 0.6) is 0 Å². The van der Waals surface area contributed by atoms with Crippen LogP contribution in [-0.4, -0.2) is 20.8 Å². The highest BCUT2D eigenvalue weighted by atomic mass is 15.3. The van der Waals surface area contributed by atoms with Gasteiger partial charge in [0.25, 0.3) is 0 Å². The van der Waals surface area contributed by atoms with Gasteiger partial charge in [-0.2, -0.15) is 0 Å². The molecule has 1 N–H and O–H groups in total. The summed E-state index contributed by atoms with van der Waals surface area (Å²) in [5, 5.41) is 11.8. The van der Waals surface area contributed by atoms with Crippen molar-refractivity contribution in [1.82, 2.24) is 20.1 Å². The van der Waals surface area contributed by atoms with Gasteiger partial charge in [0.15, 0.2) is 0 Å². The van der Waals surface area contributed by atoms with Crippen molar-refractivity contribution in [2.45, 2.75) is 58.0 Å². The summed E-state index contributed by atoms with van der Waals surface area (Å²) in [6.45, 7) is 4.48. The molecular formula is C13H24N4. The van der Waals surface area contributed by atoms with Crippen LogP contribution >= 0.6 is 0 Å². The highest BCUT2D eigenvalue weighted by Gasteiger charge is 2.23. The third-order valence-electron chi connectivity index (χ3n) is 3.98. The van der Waals surface area contributed by atoms with Crippen molar-refractivity contribution >= 4 is 0 Å². The lowest BCUT2D eigenvalue weighted by molar-refractivity contribution is 0.262. The van der Waals surface area contributed by atoms with Crippen LogP contribution in [0.3, 0.4) is 0 Å². The maximum absolute atomic E-state index is 4.17. The molecule has 1 saturated carbocycles. The van der Waals surface area contributed by atoms with Crippen LogP contribution in [0.25, 0.3) is 0 Å². The monoisotopic (exact) mass is 236 g/mol. The first kappa shape index (κ1) is 12.6. The van der Waals surface area contributed by atoms with E-state index in [2.05, 4.69) is 29.4 Å². The van der Waals surface area contributed by atoms with Gasteiger partial charge in [-0.25, -0.2) is 0 Å². The predicted molar refractivity (Wildman–Crippen MR) is 68.6 cm³/mol. The fraction of sp³-hybridized carbons (Fsp3) is 0.846. The van der Waals surface area contributed by atoms with Crippen LogP contribution in [0.4, 0.5) is 0 Å². The highest BCUT2D eigenvalue weighted by molar-refractivity contribution is 4.94. The summed E-state index contributed by atoms with van der Waals surface area (Å²) < 4.78 is 2.00. The summed E-state index contributed by atoms with van der Waals surface area (Å²) in [5.74, 6) is 1.94. The molecule has 2 rings (SSSR count). The minimum Gasteiger partial charge on any atom is -0.319 e. The molecular weight excluding hydrogens is 212 g/mol. The smallest absolute Gasteiger partial charge is 0.149 e. The Balaban J connectivity index is 1.90. The number of rotatable bonds is 4. The summed E-state index contributed by atoms with van der Waals surface area (Å²) in [6, 6.07) is 0.948. The van der Waals surface area contributed by atoms with E-state index < -0.39 is 0 Å². The molecule has 1 aliphatic rings. The lowest BCUT2D eigenvalue weighted by Crippen LogP contribution is -2.36. The molecule has 3 unspecified atom stereocenters. The van der Waals surface area contributed by atoms with Gasteiger partial charge in [0.2, 0.25) is 0 Å². The Labute approximate surface area is 104 Å². The van der Waals surface area contributed by atoms with E-state index in [1.54, 1.807) is 6.33 Å². The van der Waals surface area contributed by atoms with Crippen molar-refractivity contribution < 1.29 is 0 Å². The van der Waals surface area contributed by atoms with Gasteiger partial charge in [0.05, 0.1) is 6.04 Å². The van der Waals surface area contributed by atoms with Crippen molar-refractivity contribution in [1.29, 1.82) is 0 Å². The van der Waals surface area contributed by atoms with Crippen LogP contribution in [0.1, 0.15) is 57.8 Å². The first-order chi connectivity index (χ1) is 8.20. The second kappa shape index (κ2) is 5.63. The zero-order valence-electron chi connectivity index (χ0n) is 11.2. The molecule has 1 aromatic rings. The SMILES string of the molecule is CCC1CCCC(NC(C)c2nncn2C)C1. The van der Waals surface area contributed by atoms with Crippen LogP contribution in [0.2, 0.25) is 0 Å². The molecule has 17 heavy (non-hydrogen) atoms. The highest BCUT2D eigenvalue weighted by Crippen LogP contribution is 2.27. The first-order valence-corrected chi connectivity index (χ1v) is 6.80. The molecule has 0 bridgehead atoms. The zero-order chi connectivity index (χ0) is 12.3. The minimum absolute atomic E-state index is 0.295. The Kier molecular flexibility index (Phi) is 4.15. The lowest BCUT2D eigenvalue weighted by atomic mass is 9.84. The molecule has 1 aliphatic carbocycles. The molecule has 4 nitrogen and oxygen atoms in total. The maximum atomic E-state index is 4.17. The summed E-state index contributed by atoms with van der Waals surface area (Å²) in [6.07, 6.45) is 8.48. The molecule has 1 heterocycles. The molecule has 4 heteroatoms. The van der Waals surface area contributed by atoms with Gasteiger partial charge in [-0.05, 0) is 25.7 Å². The van der Waals surface area contributed by atoms with Gasteiger partial charge in [0.1, 0.15) is 12.2 Å². The number of aryl methyl sites for hydroxylation is 1. The van der Waals surface area contributed by atoms with E-state index in [1.165, 1.54) is 32.1 Å². The van der Waals surface area contributed by atoms with Gasteiger partial charge in [-0.3, -0.25) is 0 Å². The van der Waals surface area contributed by atoms with E-state index in [9.17, 15) is 0 Å². The van der Waals surface area contributed by atoms with Gasteiger partial charge >= 0.3 is 0 Å². The zero-order valence-corrected chi connectivity index (χ0v) is 11.2. The Bertz CT molecular complexity index is 347. The summed E-state index contributed by atoms with van der Waals surface area (Å²) in [4.78, 5) is 0. The largest absolute Gasteiger partial charge is 0.319 e. The fourth-order valence-electron chi connectivity index (χ4n) is 2.93. The van der Waals surface area contributed by atoms with Crippen LogP contribution in [0.15, 0.2) is 6.33 Å². The van der Waals surface area contributed by atoms with Crippen molar-refractivity contribution in [3.8, 4) is 0 Å². The molecule has 0 amide bonds. The van der Waals surface area contributed by atoms with Gasteiger partial charge < -0.3 is 9.88 Å². The Morgan fingerprint density at radius 2 is 2.35 bits per heavy atom. The number of hydrogen-bond donors (Lipinski definition) is 1. The normalized spacial score (nSPS) is 27.0. The van der Waals surface area contributed by atoms with Crippen molar-refractivity contribution in [2.75, 3.05) is 0 Å². The van der Waals surface area contributed by atoms with E-state index in [0.717, 1.165) is 11.7 Å². The van der Waals surface area contributed by atoms with E-state index in [-0.39, 0.29) is 0 Å². The van der Waals surface area contributed by atoms with E-state index in [4.69, 9.17) is 0 Å². The van der Waals surface area contributed by atoms with E-state index in [0.29, 0.717) is 12.1 Å². The topological polar surface area (TPSA) is 42.7 Å². The van der Waals surface area contributed by atoms with Gasteiger partial charge in [-0.1, -0.05) is 26.2 Å². The third kappa shape index (κ3) is 3.06. The van der Waals surface area contributed by atoms with Gasteiger partial charge in [-0.15, -0.1) is 10.2 Å². The average molecular weight is 236 g/mol. The summed E-state index contributed by atoms with van der Waals surface area (Å²) in [5.41, 5.74) is 0. The number of aromatic nitrogens is 3. The Morgan fingerprint density at radius 3 is 3.00 bits per heavy atom. The predicted octanol–water partition coefficient (Wildman–Crippen LogP) is 2.43. The summed E-state index contributed by atoms with van der Waals surface area (Å²) >= 11 is 0. The number of nitrogens with zero attached hydrogens (tertiary/aromatic N) is 3. The lowest BCUT2D eigenvalue weighted by Gasteiger charge is -2.31. The van der Waals surface area contributed by atoms with E-state index in [1.807, 2.05) is 11.6 Å². The quantitative estimate of drug-likeness (QED) is 0.873. The second-order valence-electron chi connectivity index (χ2n) is 5.33. The molecule has 1 fully saturated rings. The molecule has 0 aromatic carbocycles. The van der Waals surface area contributed by atoms with Crippen molar-refractivity contribution in [3.05, 3.63) is 12.2 Å². The van der Waals surface area contributed by atoms with Crippen LogP contribution in [0, 0.1) is 5.92 Å². The summed E-state index contributed by atoms with van der Waals surface area (Å²) in [7, 11) is 2.00. The van der Waals surface area contributed by atoms with Crippen LogP contribution < -0.4 is 5.32 Å². The maximum Gasteiger partial charge on any atom is 0.149 e. The minimum atomic E-state index is 0.295. The van der Waals surface area contributed by atoms with Crippen LogP contribution in [-0.2, 0) is 7.05 Å². The third-order valence-corrected chi connectivity index (χ3v) is 3.98. The van der Waals surface area contributed by atoms with Gasteiger partial charge in [0, 0.05) is 13.1 Å². The van der Waals surface area contributed by atoms with Crippen molar-refractivity contribution in [3.63, 3.8) is 0 Å². The molecule has 0 radical (unpaired) electrons. The Morgan fingerprint density at radius 1 is 1.53 bits per heavy atom. The molecule has 96 valence electrons. The fourth-order valence-corrected chi connectivity index (χ4v) is 2.93. The second-order valence-corrected chi connectivity index (χ2v) is 5.33. The standard InChI is InChI=1S/C13H24N4/c1-4-11-6-5-7-12(8-11)15-10(2)13-16-14-9-17(13)3/h9-12,15H,4-8H2,1-3H3.